The summed E-state index contributed by atoms with van der Waals surface area (Å²) in [5, 5.41) is 9.19. The van der Waals surface area contributed by atoms with Crippen LogP contribution in [0.3, 0.4) is 0 Å². The lowest BCUT2D eigenvalue weighted by Gasteiger charge is -2.35. The van der Waals surface area contributed by atoms with Crippen LogP contribution in [0.15, 0.2) is 48.8 Å². The van der Waals surface area contributed by atoms with E-state index in [4.69, 9.17) is 11.6 Å². The lowest BCUT2D eigenvalue weighted by atomic mass is 9.86. The maximum Gasteiger partial charge on any atom is 0.227 e. The van der Waals surface area contributed by atoms with Gasteiger partial charge in [-0.2, -0.15) is 0 Å². The van der Waals surface area contributed by atoms with Crippen LogP contribution in [0.4, 0.5) is 8.78 Å². The van der Waals surface area contributed by atoms with Gasteiger partial charge in [-0.3, -0.25) is 14.3 Å². The molecule has 1 amide bonds. The molecule has 2 fully saturated rings. The smallest absolute Gasteiger partial charge is 0.227 e. The van der Waals surface area contributed by atoms with Crippen LogP contribution in [-0.2, 0) is 4.79 Å². The van der Waals surface area contributed by atoms with Gasteiger partial charge in [0.25, 0.3) is 0 Å². The third-order valence-electron chi connectivity index (χ3n) is 7.80. The van der Waals surface area contributed by atoms with Crippen molar-refractivity contribution in [1.29, 1.82) is 0 Å². The zero-order chi connectivity index (χ0) is 26.3. The van der Waals surface area contributed by atoms with Crippen molar-refractivity contribution in [3.63, 3.8) is 0 Å². The number of halogens is 3. The van der Waals surface area contributed by atoms with Gasteiger partial charge in [0.1, 0.15) is 23.8 Å². The Bertz CT molecular complexity index is 1260. The van der Waals surface area contributed by atoms with E-state index >= 15 is 0 Å². The molecule has 0 saturated carbocycles. The minimum Gasteiger partial charge on any atom is -0.342 e. The third-order valence-corrected chi connectivity index (χ3v) is 8.05. The number of rotatable bonds is 4. The van der Waals surface area contributed by atoms with Gasteiger partial charge in [-0.05, 0) is 69.5 Å². The Kier molecular flexibility index (Phi) is 7.07. The number of aromatic nitrogens is 3. The van der Waals surface area contributed by atoms with Crippen LogP contribution >= 0.6 is 11.6 Å². The molecule has 2 aromatic carbocycles. The predicted octanol–water partition coefficient (Wildman–Crippen LogP) is 5.42. The average Bonchev–Trinajstić information content (AvgIpc) is 3.52. The van der Waals surface area contributed by atoms with E-state index in [1.54, 1.807) is 6.33 Å². The van der Waals surface area contributed by atoms with E-state index in [-0.39, 0.29) is 29.2 Å². The summed E-state index contributed by atoms with van der Waals surface area (Å²) < 4.78 is 30.4. The number of hydrogen-bond donors (Lipinski definition) is 0. The Labute approximate surface area is 221 Å². The maximum absolute atomic E-state index is 14.8. The lowest BCUT2D eigenvalue weighted by Crippen LogP contribution is -2.44. The van der Waals surface area contributed by atoms with E-state index in [1.807, 2.05) is 33.7 Å². The largest absolute Gasteiger partial charge is 0.342 e. The highest BCUT2D eigenvalue weighted by molar-refractivity contribution is 6.30. The SMILES string of the molecule is CC(C)(C)N1C[C@@H](C(=O)N2CCC(c3nncn3-c3ccc(Cl)cc3)CC2)[C@H](c2ccc(F)cc2F)C1. The van der Waals surface area contributed by atoms with Crippen LogP contribution in [0, 0.1) is 17.6 Å². The highest BCUT2D eigenvalue weighted by atomic mass is 35.5. The second kappa shape index (κ2) is 10.1. The third kappa shape index (κ3) is 5.27. The number of amides is 1. The molecule has 9 heteroatoms. The molecule has 0 aliphatic carbocycles. The van der Waals surface area contributed by atoms with E-state index in [0.717, 1.165) is 30.4 Å². The molecule has 2 aliphatic rings. The number of hydrogen-bond acceptors (Lipinski definition) is 4. The van der Waals surface area contributed by atoms with Crippen LogP contribution < -0.4 is 0 Å². The van der Waals surface area contributed by atoms with E-state index in [0.29, 0.717) is 36.8 Å². The predicted molar refractivity (Wildman–Crippen MR) is 139 cm³/mol. The molecule has 1 aromatic heterocycles. The topological polar surface area (TPSA) is 54.3 Å². The molecule has 2 saturated heterocycles. The van der Waals surface area contributed by atoms with Crippen molar-refractivity contribution in [2.75, 3.05) is 26.2 Å². The molecule has 2 aliphatic heterocycles. The molecular weight excluding hydrogens is 496 g/mol. The number of carbonyl (C=O) groups excluding carboxylic acids is 1. The van der Waals surface area contributed by atoms with Crippen molar-refractivity contribution in [2.24, 2.45) is 5.92 Å². The number of piperidine rings is 1. The molecule has 3 heterocycles. The Morgan fingerprint density at radius 2 is 1.73 bits per heavy atom. The first-order chi connectivity index (χ1) is 17.6. The summed E-state index contributed by atoms with van der Waals surface area (Å²) in [7, 11) is 0. The second-order valence-electron chi connectivity index (χ2n) is 11.1. The summed E-state index contributed by atoms with van der Waals surface area (Å²) in [6, 6.07) is 11.2. The van der Waals surface area contributed by atoms with E-state index < -0.39 is 11.6 Å². The molecule has 196 valence electrons. The monoisotopic (exact) mass is 527 g/mol. The molecule has 37 heavy (non-hydrogen) atoms. The minimum absolute atomic E-state index is 0.0399. The second-order valence-corrected chi connectivity index (χ2v) is 11.5. The standard InChI is InChI=1S/C28H32ClF2N5O/c1-28(2,3)35-15-23(22-9-6-20(30)14-25(22)31)24(16-35)27(37)34-12-10-18(11-13-34)26-33-32-17-36(26)21-7-4-19(29)5-8-21/h4-9,14,17-18,23-24H,10-13,15-16H2,1-3H3/t23-,24+/m0/s1. The molecule has 0 radical (unpaired) electrons. The Balaban J connectivity index is 1.32. The van der Waals surface area contributed by atoms with Gasteiger partial charge in [0, 0.05) is 60.3 Å². The van der Waals surface area contributed by atoms with Crippen molar-refractivity contribution in [2.45, 2.75) is 51.0 Å². The lowest BCUT2D eigenvalue weighted by molar-refractivity contribution is -0.136. The van der Waals surface area contributed by atoms with Gasteiger partial charge in [-0.1, -0.05) is 17.7 Å². The zero-order valence-corrected chi connectivity index (χ0v) is 22.1. The zero-order valence-electron chi connectivity index (χ0n) is 21.4. The molecule has 3 aromatic rings. The molecular formula is C28H32ClF2N5O. The molecule has 0 N–H and O–H groups in total. The van der Waals surface area contributed by atoms with E-state index in [1.165, 1.54) is 12.1 Å². The van der Waals surface area contributed by atoms with Crippen LogP contribution in [0.2, 0.25) is 5.02 Å². The summed E-state index contributed by atoms with van der Waals surface area (Å²) in [6.07, 6.45) is 3.24. The summed E-state index contributed by atoms with van der Waals surface area (Å²) in [5.41, 5.74) is 1.19. The molecule has 5 rings (SSSR count). The quantitative estimate of drug-likeness (QED) is 0.455. The van der Waals surface area contributed by atoms with Gasteiger partial charge in [0.05, 0.1) is 5.92 Å². The number of carbonyl (C=O) groups is 1. The fraction of sp³-hybridized carbons (Fsp3) is 0.464. The number of benzene rings is 2. The Morgan fingerprint density at radius 1 is 1.03 bits per heavy atom. The Hall–Kier alpha value is -2.84. The van der Waals surface area contributed by atoms with Crippen molar-refractivity contribution in [1.82, 2.24) is 24.6 Å². The van der Waals surface area contributed by atoms with Gasteiger partial charge in [0.2, 0.25) is 5.91 Å². The summed E-state index contributed by atoms with van der Waals surface area (Å²) in [5.74, 6) is -0.811. The summed E-state index contributed by atoms with van der Waals surface area (Å²) >= 11 is 6.04. The van der Waals surface area contributed by atoms with E-state index in [9.17, 15) is 13.6 Å². The summed E-state index contributed by atoms with van der Waals surface area (Å²) in [6.45, 7) is 8.60. The first-order valence-electron chi connectivity index (χ1n) is 12.8. The minimum atomic E-state index is -0.608. The first kappa shape index (κ1) is 25.8. The van der Waals surface area contributed by atoms with Gasteiger partial charge < -0.3 is 4.90 Å². The number of likely N-dealkylation sites (tertiary alicyclic amines) is 2. The van der Waals surface area contributed by atoms with Crippen molar-refractivity contribution >= 4 is 17.5 Å². The van der Waals surface area contributed by atoms with Crippen LogP contribution in [0.1, 0.15) is 56.8 Å². The highest BCUT2D eigenvalue weighted by Gasteiger charge is 2.45. The van der Waals surface area contributed by atoms with Gasteiger partial charge in [-0.15, -0.1) is 10.2 Å². The average molecular weight is 528 g/mol. The first-order valence-corrected chi connectivity index (χ1v) is 13.1. The molecule has 2 atom stereocenters. The van der Waals surface area contributed by atoms with Crippen LogP contribution in [-0.4, -0.2) is 62.2 Å². The molecule has 0 unspecified atom stereocenters. The van der Waals surface area contributed by atoms with Crippen molar-refractivity contribution < 1.29 is 13.6 Å². The highest BCUT2D eigenvalue weighted by Crippen LogP contribution is 2.39. The summed E-state index contributed by atoms with van der Waals surface area (Å²) in [4.78, 5) is 17.9. The van der Waals surface area contributed by atoms with Crippen LogP contribution in [0.5, 0.6) is 0 Å². The van der Waals surface area contributed by atoms with Crippen molar-refractivity contribution in [3.05, 3.63) is 76.8 Å². The molecule has 0 spiro atoms. The maximum atomic E-state index is 14.8. The van der Waals surface area contributed by atoms with Crippen LogP contribution in [0.25, 0.3) is 5.69 Å². The van der Waals surface area contributed by atoms with Gasteiger partial charge in [0.15, 0.2) is 0 Å². The van der Waals surface area contributed by atoms with Gasteiger partial charge >= 0.3 is 0 Å². The fourth-order valence-electron chi connectivity index (χ4n) is 5.63. The molecule has 6 nitrogen and oxygen atoms in total. The number of nitrogens with zero attached hydrogens (tertiary/aromatic N) is 5. The Morgan fingerprint density at radius 3 is 2.38 bits per heavy atom. The normalized spacial score (nSPS) is 21.5. The fourth-order valence-corrected chi connectivity index (χ4v) is 5.76. The molecule has 0 bridgehead atoms. The van der Waals surface area contributed by atoms with Gasteiger partial charge in [-0.25, -0.2) is 8.78 Å². The van der Waals surface area contributed by atoms with Crippen molar-refractivity contribution in [3.8, 4) is 5.69 Å². The van der Waals surface area contributed by atoms with E-state index in [2.05, 4.69) is 35.9 Å².